The maximum atomic E-state index is 13.2. The fourth-order valence-corrected chi connectivity index (χ4v) is 3.97. The van der Waals surface area contributed by atoms with Crippen LogP contribution in [0.4, 0.5) is 0 Å². The van der Waals surface area contributed by atoms with E-state index in [1.165, 1.54) is 0 Å². The number of carbonyl (C=O) groups excluding carboxylic acids is 1. The van der Waals surface area contributed by atoms with E-state index in [-0.39, 0.29) is 11.9 Å². The third kappa shape index (κ3) is 4.04. The summed E-state index contributed by atoms with van der Waals surface area (Å²) >= 11 is 0. The molecule has 3 heterocycles. The van der Waals surface area contributed by atoms with Gasteiger partial charge in [0, 0.05) is 25.9 Å². The minimum Gasteiger partial charge on any atom is -0.497 e. The van der Waals surface area contributed by atoms with Gasteiger partial charge in [-0.25, -0.2) is 0 Å². The van der Waals surface area contributed by atoms with Gasteiger partial charge in [-0.2, -0.15) is 5.10 Å². The summed E-state index contributed by atoms with van der Waals surface area (Å²) in [6.45, 7) is 2.64. The second-order valence-corrected chi connectivity index (χ2v) is 7.56. The number of piperidine rings is 1. The smallest absolute Gasteiger partial charge is 0.227 e. The summed E-state index contributed by atoms with van der Waals surface area (Å²) < 4.78 is 12.5. The van der Waals surface area contributed by atoms with Crippen molar-refractivity contribution in [3.8, 4) is 17.1 Å². The van der Waals surface area contributed by atoms with Crippen LogP contribution in [0.25, 0.3) is 11.3 Å². The molecule has 1 aromatic carbocycles. The van der Waals surface area contributed by atoms with E-state index in [1.807, 2.05) is 55.4 Å². The molecule has 29 heavy (non-hydrogen) atoms. The average molecular weight is 394 g/mol. The Balaban J connectivity index is 1.60. The van der Waals surface area contributed by atoms with Gasteiger partial charge in [0.2, 0.25) is 5.91 Å². The van der Waals surface area contributed by atoms with E-state index < -0.39 is 0 Å². The first-order valence-corrected chi connectivity index (χ1v) is 9.95. The summed E-state index contributed by atoms with van der Waals surface area (Å²) in [5.41, 5.74) is 3.59. The highest BCUT2D eigenvalue weighted by atomic mass is 16.5. The third-order valence-electron chi connectivity index (χ3n) is 5.40. The van der Waals surface area contributed by atoms with Crippen molar-refractivity contribution >= 4 is 5.91 Å². The van der Waals surface area contributed by atoms with Gasteiger partial charge in [0.15, 0.2) is 5.76 Å². The lowest BCUT2D eigenvalue weighted by atomic mass is 9.95. The van der Waals surface area contributed by atoms with Crippen molar-refractivity contribution < 1.29 is 14.1 Å². The number of carbonyl (C=O) groups is 1. The Bertz CT molecular complexity index is 990. The number of aromatic nitrogens is 3. The summed E-state index contributed by atoms with van der Waals surface area (Å²) in [7, 11) is 3.53. The first-order valence-electron chi connectivity index (χ1n) is 9.95. The van der Waals surface area contributed by atoms with Crippen molar-refractivity contribution in [2.24, 2.45) is 7.05 Å². The van der Waals surface area contributed by atoms with Crippen LogP contribution in [0, 0.1) is 6.92 Å². The minimum absolute atomic E-state index is 0.0592. The number of hydrogen-bond donors (Lipinski definition) is 0. The van der Waals surface area contributed by atoms with Gasteiger partial charge in [0.25, 0.3) is 0 Å². The fourth-order valence-electron chi connectivity index (χ4n) is 3.97. The Morgan fingerprint density at radius 2 is 2.07 bits per heavy atom. The Morgan fingerprint density at radius 1 is 1.28 bits per heavy atom. The van der Waals surface area contributed by atoms with Crippen LogP contribution in [-0.2, 0) is 18.3 Å². The Hall–Kier alpha value is -3.09. The highest BCUT2D eigenvalue weighted by Crippen LogP contribution is 2.36. The number of methoxy groups -OCH3 is 1. The minimum atomic E-state index is -0.0592. The van der Waals surface area contributed by atoms with Crippen molar-refractivity contribution in [2.75, 3.05) is 13.7 Å². The summed E-state index contributed by atoms with van der Waals surface area (Å²) in [5, 5.41) is 8.71. The molecule has 1 aliphatic heterocycles. The van der Waals surface area contributed by atoms with Crippen molar-refractivity contribution in [1.29, 1.82) is 0 Å². The van der Waals surface area contributed by atoms with Gasteiger partial charge in [-0.1, -0.05) is 17.3 Å². The van der Waals surface area contributed by atoms with Crippen molar-refractivity contribution in [1.82, 2.24) is 19.8 Å². The van der Waals surface area contributed by atoms with E-state index in [4.69, 9.17) is 14.4 Å². The van der Waals surface area contributed by atoms with E-state index in [0.717, 1.165) is 54.1 Å². The predicted molar refractivity (Wildman–Crippen MR) is 108 cm³/mol. The zero-order valence-electron chi connectivity index (χ0n) is 17.1. The molecule has 2 aromatic heterocycles. The maximum absolute atomic E-state index is 13.2. The number of ether oxygens (including phenoxy) is 1. The molecule has 1 amide bonds. The largest absolute Gasteiger partial charge is 0.497 e. The van der Waals surface area contributed by atoms with Crippen LogP contribution in [0.1, 0.15) is 42.3 Å². The molecule has 1 atom stereocenters. The molecular formula is C22H26N4O3. The van der Waals surface area contributed by atoms with Crippen LogP contribution in [0.2, 0.25) is 0 Å². The van der Waals surface area contributed by atoms with E-state index in [1.54, 1.807) is 11.8 Å². The topological polar surface area (TPSA) is 73.4 Å². The maximum Gasteiger partial charge on any atom is 0.227 e. The van der Waals surface area contributed by atoms with Gasteiger partial charge in [-0.05, 0) is 43.9 Å². The number of rotatable bonds is 5. The highest BCUT2D eigenvalue weighted by Gasteiger charge is 2.32. The van der Waals surface area contributed by atoms with Crippen LogP contribution >= 0.6 is 0 Å². The zero-order chi connectivity index (χ0) is 20.4. The number of amides is 1. The normalized spacial score (nSPS) is 16.8. The molecule has 0 unspecified atom stereocenters. The zero-order valence-corrected chi connectivity index (χ0v) is 17.1. The summed E-state index contributed by atoms with van der Waals surface area (Å²) in [5.74, 6) is 1.60. The number of hydrogen-bond acceptors (Lipinski definition) is 5. The Labute approximate surface area is 170 Å². The molecule has 7 heteroatoms. The molecule has 1 aliphatic rings. The fraction of sp³-hybridized carbons (Fsp3) is 0.409. The van der Waals surface area contributed by atoms with E-state index in [9.17, 15) is 4.79 Å². The quantitative estimate of drug-likeness (QED) is 0.660. The average Bonchev–Trinajstić information content (AvgIpc) is 3.34. The molecule has 0 aliphatic carbocycles. The second kappa shape index (κ2) is 8.11. The lowest BCUT2D eigenvalue weighted by Crippen LogP contribution is -2.39. The SMILES string of the molecule is COc1ccc(CC(=O)N2CCCC[C@H]2c2nn(C)cc2-c2cc(C)no2)cc1. The molecular weight excluding hydrogens is 368 g/mol. The molecule has 4 rings (SSSR count). The molecule has 7 nitrogen and oxygen atoms in total. The number of likely N-dealkylation sites (tertiary alicyclic amines) is 1. The number of benzene rings is 1. The van der Waals surface area contributed by atoms with Crippen molar-refractivity contribution in [3.63, 3.8) is 0 Å². The van der Waals surface area contributed by atoms with Crippen LogP contribution < -0.4 is 4.74 Å². The van der Waals surface area contributed by atoms with Gasteiger partial charge < -0.3 is 14.2 Å². The third-order valence-corrected chi connectivity index (χ3v) is 5.40. The first kappa shape index (κ1) is 19.2. The van der Waals surface area contributed by atoms with Crippen LogP contribution in [0.3, 0.4) is 0 Å². The van der Waals surface area contributed by atoms with E-state index in [2.05, 4.69) is 5.16 Å². The summed E-state index contributed by atoms with van der Waals surface area (Å²) in [6.07, 6.45) is 5.28. The van der Waals surface area contributed by atoms with Crippen molar-refractivity contribution in [2.45, 2.75) is 38.6 Å². The lowest BCUT2D eigenvalue weighted by Gasteiger charge is -2.35. The molecule has 1 fully saturated rings. The molecule has 152 valence electrons. The summed E-state index contributed by atoms with van der Waals surface area (Å²) in [6, 6.07) is 9.51. The van der Waals surface area contributed by atoms with Crippen LogP contribution in [0.5, 0.6) is 5.75 Å². The second-order valence-electron chi connectivity index (χ2n) is 7.56. The summed E-state index contributed by atoms with van der Waals surface area (Å²) in [4.78, 5) is 15.2. The monoisotopic (exact) mass is 394 g/mol. The van der Waals surface area contributed by atoms with Gasteiger partial charge in [0.05, 0.1) is 36.5 Å². The highest BCUT2D eigenvalue weighted by molar-refractivity contribution is 5.79. The standard InChI is InChI=1S/C22H26N4O3/c1-15-12-20(29-24-15)18-14-25(2)23-22(18)19-6-4-5-11-26(19)21(27)13-16-7-9-17(28-3)10-8-16/h7-10,12,14,19H,4-6,11,13H2,1-3H3/t19-/m0/s1. The molecule has 1 saturated heterocycles. The molecule has 0 spiro atoms. The van der Waals surface area contributed by atoms with Gasteiger partial charge in [0.1, 0.15) is 5.75 Å². The van der Waals surface area contributed by atoms with Gasteiger partial charge in [-0.3, -0.25) is 9.48 Å². The molecule has 0 N–H and O–H groups in total. The Kier molecular flexibility index (Phi) is 5.38. The number of nitrogens with zero attached hydrogens (tertiary/aromatic N) is 4. The molecule has 0 bridgehead atoms. The first-order chi connectivity index (χ1) is 14.0. The van der Waals surface area contributed by atoms with Gasteiger partial charge >= 0.3 is 0 Å². The van der Waals surface area contributed by atoms with E-state index >= 15 is 0 Å². The predicted octanol–water partition coefficient (Wildman–Crippen LogP) is 3.69. The van der Waals surface area contributed by atoms with Crippen LogP contribution in [0.15, 0.2) is 41.1 Å². The Morgan fingerprint density at radius 3 is 2.76 bits per heavy atom. The van der Waals surface area contributed by atoms with Crippen LogP contribution in [-0.4, -0.2) is 39.4 Å². The molecule has 0 radical (unpaired) electrons. The van der Waals surface area contributed by atoms with E-state index in [0.29, 0.717) is 12.2 Å². The molecule has 3 aromatic rings. The van der Waals surface area contributed by atoms with Crippen molar-refractivity contribution in [3.05, 3.63) is 53.5 Å². The molecule has 0 saturated carbocycles. The number of aryl methyl sites for hydroxylation is 2. The van der Waals surface area contributed by atoms with Gasteiger partial charge in [-0.15, -0.1) is 0 Å². The lowest BCUT2D eigenvalue weighted by molar-refractivity contribution is -0.134.